The maximum atomic E-state index is 11.8. The smallest absolute Gasteiger partial charge is 0.273 e. The molecule has 0 spiro atoms. The lowest BCUT2D eigenvalue weighted by Gasteiger charge is -2.19. The second-order valence-corrected chi connectivity index (χ2v) is 4.51. The summed E-state index contributed by atoms with van der Waals surface area (Å²) in [7, 11) is 3.39. The van der Waals surface area contributed by atoms with Crippen LogP contribution in [0.1, 0.15) is 29.3 Å². The first-order chi connectivity index (χ1) is 7.06. The van der Waals surface area contributed by atoms with E-state index in [2.05, 4.69) is 4.98 Å². The first kappa shape index (κ1) is 12.1. The van der Waals surface area contributed by atoms with Gasteiger partial charge in [-0.05, 0) is 13.8 Å². The molecule has 0 saturated carbocycles. The summed E-state index contributed by atoms with van der Waals surface area (Å²) in [5.41, 5.74) is 0.503. The van der Waals surface area contributed by atoms with Crippen molar-refractivity contribution in [1.29, 1.82) is 0 Å². The third kappa shape index (κ3) is 3.00. The molecule has 0 N–H and O–H groups in total. The standard InChI is InChI=1S/C10H16N2O2S/c1-7(2)12(3)10(13)8-6-15-9(11-8)5-14-4/h6-7H,5H2,1-4H3. The van der Waals surface area contributed by atoms with Crippen molar-refractivity contribution in [2.45, 2.75) is 26.5 Å². The molecule has 4 nitrogen and oxygen atoms in total. The van der Waals surface area contributed by atoms with Crippen LogP contribution in [0, 0.1) is 0 Å². The summed E-state index contributed by atoms with van der Waals surface area (Å²) in [5, 5.41) is 2.60. The van der Waals surface area contributed by atoms with Crippen molar-refractivity contribution in [2.75, 3.05) is 14.2 Å². The van der Waals surface area contributed by atoms with Crippen LogP contribution in [-0.2, 0) is 11.3 Å². The fourth-order valence-electron chi connectivity index (χ4n) is 1.01. The Kier molecular flexibility index (Phi) is 4.23. The maximum Gasteiger partial charge on any atom is 0.273 e. The van der Waals surface area contributed by atoms with Gasteiger partial charge in [-0.15, -0.1) is 11.3 Å². The van der Waals surface area contributed by atoms with Crippen LogP contribution in [-0.4, -0.2) is 36.0 Å². The number of aromatic nitrogens is 1. The van der Waals surface area contributed by atoms with Gasteiger partial charge in [-0.2, -0.15) is 0 Å². The van der Waals surface area contributed by atoms with E-state index in [0.717, 1.165) is 5.01 Å². The van der Waals surface area contributed by atoms with E-state index in [9.17, 15) is 4.79 Å². The van der Waals surface area contributed by atoms with Crippen molar-refractivity contribution >= 4 is 17.2 Å². The summed E-state index contributed by atoms with van der Waals surface area (Å²) in [6.07, 6.45) is 0. The first-order valence-electron chi connectivity index (χ1n) is 4.76. The molecular weight excluding hydrogens is 212 g/mol. The molecule has 1 aromatic rings. The third-order valence-electron chi connectivity index (χ3n) is 2.13. The van der Waals surface area contributed by atoms with E-state index in [-0.39, 0.29) is 11.9 Å². The van der Waals surface area contributed by atoms with E-state index in [0.29, 0.717) is 12.3 Å². The SMILES string of the molecule is COCc1nc(C(=O)N(C)C(C)C)cs1. The number of ether oxygens (including phenoxy) is 1. The molecule has 0 unspecified atom stereocenters. The lowest BCUT2D eigenvalue weighted by atomic mass is 10.3. The summed E-state index contributed by atoms with van der Waals surface area (Å²) in [5.74, 6) is -0.0383. The average Bonchev–Trinajstić information content (AvgIpc) is 2.64. The van der Waals surface area contributed by atoms with Gasteiger partial charge in [0.1, 0.15) is 10.7 Å². The van der Waals surface area contributed by atoms with Crippen LogP contribution in [0.5, 0.6) is 0 Å². The minimum atomic E-state index is -0.0383. The van der Waals surface area contributed by atoms with E-state index in [1.54, 1.807) is 24.4 Å². The van der Waals surface area contributed by atoms with Crippen LogP contribution < -0.4 is 0 Å². The number of carbonyl (C=O) groups excluding carboxylic acids is 1. The Morgan fingerprint density at radius 1 is 1.67 bits per heavy atom. The van der Waals surface area contributed by atoms with Crippen molar-refractivity contribution in [1.82, 2.24) is 9.88 Å². The minimum Gasteiger partial charge on any atom is -0.378 e. The minimum absolute atomic E-state index is 0.0383. The number of rotatable bonds is 4. The highest BCUT2D eigenvalue weighted by molar-refractivity contribution is 7.09. The number of nitrogens with zero attached hydrogens (tertiary/aromatic N) is 2. The Morgan fingerprint density at radius 3 is 2.87 bits per heavy atom. The second-order valence-electron chi connectivity index (χ2n) is 3.57. The first-order valence-corrected chi connectivity index (χ1v) is 5.64. The highest BCUT2D eigenvalue weighted by atomic mass is 32.1. The molecule has 0 radical (unpaired) electrons. The lowest BCUT2D eigenvalue weighted by molar-refractivity contribution is 0.0749. The molecular formula is C10H16N2O2S. The molecule has 0 aliphatic rings. The molecule has 15 heavy (non-hydrogen) atoms. The van der Waals surface area contributed by atoms with Crippen LogP contribution in [0.15, 0.2) is 5.38 Å². The summed E-state index contributed by atoms with van der Waals surface area (Å²) in [6, 6.07) is 0.185. The summed E-state index contributed by atoms with van der Waals surface area (Å²) in [6.45, 7) is 4.41. The molecule has 0 fully saturated rings. The van der Waals surface area contributed by atoms with Crippen LogP contribution in [0.4, 0.5) is 0 Å². The largest absolute Gasteiger partial charge is 0.378 e. The monoisotopic (exact) mass is 228 g/mol. The number of hydrogen-bond acceptors (Lipinski definition) is 4. The Labute approximate surface area is 93.9 Å². The van der Waals surface area contributed by atoms with Gasteiger partial charge in [0.25, 0.3) is 5.91 Å². The van der Waals surface area contributed by atoms with E-state index < -0.39 is 0 Å². The lowest BCUT2D eigenvalue weighted by Crippen LogP contribution is -2.33. The highest BCUT2D eigenvalue weighted by Gasteiger charge is 2.17. The van der Waals surface area contributed by atoms with Crippen LogP contribution in [0.2, 0.25) is 0 Å². The molecule has 0 atom stereocenters. The number of methoxy groups -OCH3 is 1. The van der Waals surface area contributed by atoms with Gasteiger partial charge < -0.3 is 9.64 Å². The molecule has 1 aromatic heterocycles. The zero-order chi connectivity index (χ0) is 11.4. The van der Waals surface area contributed by atoms with Crippen molar-refractivity contribution < 1.29 is 9.53 Å². The summed E-state index contributed by atoms with van der Waals surface area (Å²) in [4.78, 5) is 17.7. The number of hydrogen-bond donors (Lipinski definition) is 0. The summed E-state index contributed by atoms with van der Waals surface area (Å²) < 4.78 is 4.95. The number of thiazole rings is 1. The normalized spacial score (nSPS) is 10.7. The average molecular weight is 228 g/mol. The van der Waals surface area contributed by atoms with Crippen molar-refractivity contribution in [3.63, 3.8) is 0 Å². The van der Waals surface area contributed by atoms with Crippen molar-refractivity contribution in [3.8, 4) is 0 Å². The van der Waals surface area contributed by atoms with Gasteiger partial charge in [-0.1, -0.05) is 0 Å². The Bertz CT molecular complexity index is 336. The van der Waals surface area contributed by atoms with E-state index in [4.69, 9.17) is 4.74 Å². The fraction of sp³-hybridized carbons (Fsp3) is 0.600. The maximum absolute atomic E-state index is 11.8. The molecule has 0 aliphatic heterocycles. The Hall–Kier alpha value is -0.940. The van der Waals surface area contributed by atoms with Crippen LogP contribution in [0.25, 0.3) is 0 Å². The van der Waals surface area contributed by atoms with Crippen LogP contribution >= 0.6 is 11.3 Å². The zero-order valence-corrected chi connectivity index (χ0v) is 10.3. The van der Waals surface area contributed by atoms with Gasteiger partial charge >= 0.3 is 0 Å². The van der Waals surface area contributed by atoms with Crippen LogP contribution in [0.3, 0.4) is 0 Å². The van der Waals surface area contributed by atoms with Crippen molar-refractivity contribution in [2.24, 2.45) is 0 Å². The molecule has 0 bridgehead atoms. The molecule has 0 aliphatic carbocycles. The van der Waals surface area contributed by atoms with Gasteiger partial charge in [-0.3, -0.25) is 4.79 Å². The number of carbonyl (C=O) groups is 1. The van der Waals surface area contributed by atoms with Gasteiger partial charge in [0.15, 0.2) is 0 Å². The Balaban J connectivity index is 2.74. The fourth-order valence-corrected chi connectivity index (χ4v) is 1.75. The molecule has 84 valence electrons. The summed E-state index contributed by atoms with van der Waals surface area (Å²) >= 11 is 1.45. The molecule has 0 aromatic carbocycles. The molecule has 1 amide bonds. The topological polar surface area (TPSA) is 42.4 Å². The molecule has 5 heteroatoms. The van der Waals surface area contributed by atoms with Gasteiger partial charge in [0.2, 0.25) is 0 Å². The quantitative estimate of drug-likeness (QED) is 0.788. The second kappa shape index (κ2) is 5.23. The zero-order valence-electron chi connectivity index (χ0n) is 9.48. The Morgan fingerprint density at radius 2 is 2.33 bits per heavy atom. The predicted molar refractivity (Wildman–Crippen MR) is 60.1 cm³/mol. The van der Waals surface area contributed by atoms with E-state index in [1.807, 2.05) is 13.8 Å². The molecule has 1 rings (SSSR count). The van der Waals surface area contributed by atoms with Gasteiger partial charge in [-0.25, -0.2) is 4.98 Å². The van der Waals surface area contributed by atoms with E-state index >= 15 is 0 Å². The highest BCUT2D eigenvalue weighted by Crippen LogP contribution is 2.13. The number of amides is 1. The third-order valence-corrected chi connectivity index (χ3v) is 2.96. The van der Waals surface area contributed by atoms with Gasteiger partial charge in [0.05, 0.1) is 6.61 Å². The van der Waals surface area contributed by atoms with Gasteiger partial charge in [0, 0.05) is 25.6 Å². The van der Waals surface area contributed by atoms with E-state index in [1.165, 1.54) is 11.3 Å². The molecule has 0 saturated heterocycles. The predicted octanol–water partition coefficient (Wildman–Crippen LogP) is 1.77. The molecule has 1 heterocycles. The van der Waals surface area contributed by atoms with Crippen molar-refractivity contribution in [3.05, 3.63) is 16.1 Å².